The van der Waals surface area contributed by atoms with E-state index in [0.29, 0.717) is 12.1 Å². The van der Waals surface area contributed by atoms with Crippen LogP contribution in [0.15, 0.2) is 24.4 Å². The third-order valence-corrected chi connectivity index (χ3v) is 3.99. The Kier molecular flexibility index (Phi) is 3.82. The molecule has 0 bridgehead atoms. The standard InChI is InChI=1S/C17H19N3O3/c1-10-9-20(21)15(11(2)17(10)23-4)8-16-18-13-6-5-12(22-3)7-14(13)19-16/h5-7,9H,8H2,1-4H3,(H,18,19). The molecule has 3 aromatic rings. The molecule has 1 N–H and O–H groups in total. The summed E-state index contributed by atoms with van der Waals surface area (Å²) in [4.78, 5) is 7.78. The minimum atomic E-state index is 0.406. The first-order chi connectivity index (χ1) is 11.0. The summed E-state index contributed by atoms with van der Waals surface area (Å²) in [7, 11) is 3.24. The van der Waals surface area contributed by atoms with Crippen LogP contribution in [-0.2, 0) is 6.42 Å². The Balaban J connectivity index is 2.02. The molecule has 0 aliphatic carbocycles. The van der Waals surface area contributed by atoms with E-state index in [-0.39, 0.29) is 0 Å². The number of rotatable bonds is 4. The number of ether oxygens (including phenoxy) is 2. The van der Waals surface area contributed by atoms with Crippen molar-refractivity contribution in [3.05, 3.63) is 52.2 Å². The lowest BCUT2D eigenvalue weighted by atomic mass is 10.1. The number of hydrogen-bond donors (Lipinski definition) is 1. The topological polar surface area (TPSA) is 74.1 Å². The van der Waals surface area contributed by atoms with Crippen LogP contribution < -0.4 is 14.2 Å². The van der Waals surface area contributed by atoms with Crippen LogP contribution >= 0.6 is 0 Å². The van der Waals surface area contributed by atoms with Gasteiger partial charge >= 0.3 is 0 Å². The van der Waals surface area contributed by atoms with Gasteiger partial charge in [0, 0.05) is 6.07 Å². The Bertz CT molecular complexity index is 871. The molecule has 23 heavy (non-hydrogen) atoms. The third-order valence-electron chi connectivity index (χ3n) is 3.99. The molecule has 0 fully saturated rings. The molecule has 0 aliphatic rings. The first-order valence-corrected chi connectivity index (χ1v) is 7.32. The number of benzene rings is 1. The van der Waals surface area contributed by atoms with Crippen LogP contribution in [0.4, 0.5) is 0 Å². The van der Waals surface area contributed by atoms with Gasteiger partial charge in [0.05, 0.1) is 42.8 Å². The van der Waals surface area contributed by atoms with Gasteiger partial charge in [-0.15, -0.1) is 0 Å². The number of methoxy groups -OCH3 is 2. The first-order valence-electron chi connectivity index (χ1n) is 7.32. The smallest absolute Gasteiger partial charge is 0.206 e. The molecular formula is C17H19N3O3. The molecule has 0 radical (unpaired) electrons. The Morgan fingerprint density at radius 1 is 1.22 bits per heavy atom. The van der Waals surface area contributed by atoms with E-state index in [1.807, 2.05) is 32.0 Å². The molecular weight excluding hydrogens is 294 g/mol. The maximum Gasteiger partial charge on any atom is 0.206 e. The number of hydrogen-bond acceptors (Lipinski definition) is 4. The zero-order chi connectivity index (χ0) is 16.6. The minimum Gasteiger partial charge on any atom is -0.618 e. The third kappa shape index (κ3) is 2.67. The second kappa shape index (κ2) is 5.79. The fourth-order valence-corrected chi connectivity index (χ4v) is 2.84. The van der Waals surface area contributed by atoms with Gasteiger partial charge in [0.1, 0.15) is 17.3 Å². The van der Waals surface area contributed by atoms with Crippen LogP contribution in [0.5, 0.6) is 11.5 Å². The van der Waals surface area contributed by atoms with Crippen molar-refractivity contribution in [1.29, 1.82) is 0 Å². The summed E-state index contributed by atoms with van der Waals surface area (Å²) >= 11 is 0. The van der Waals surface area contributed by atoms with Crippen LogP contribution in [0, 0.1) is 19.1 Å². The average molecular weight is 313 g/mol. The molecule has 0 unspecified atom stereocenters. The van der Waals surface area contributed by atoms with Crippen molar-refractivity contribution >= 4 is 11.0 Å². The van der Waals surface area contributed by atoms with E-state index in [9.17, 15) is 5.21 Å². The molecule has 0 saturated heterocycles. The highest BCUT2D eigenvalue weighted by atomic mass is 16.5. The molecule has 0 atom stereocenters. The summed E-state index contributed by atoms with van der Waals surface area (Å²) in [6.45, 7) is 3.75. The number of aromatic amines is 1. The van der Waals surface area contributed by atoms with E-state index in [1.54, 1.807) is 14.2 Å². The Hall–Kier alpha value is -2.76. The van der Waals surface area contributed by atoms with E-state index in [2.05, 4.69) is 9.97 Å². The van der Waals surface area contributed by atoms with E-state index in [0.717, 1.165) is 44.2 Å². The summed E-state index contributed by atoms with van der Waals surface area (Å²) in [5.41, 5.74) is 4.00. The second-order valence-corrected chi connectivity index (χ2v) is 5.49. The summed E-state index contributed by atoms with van der Waals surface area (Å²) in [6, 6.07) is 5.64. The van der Waals surface area contributed by atoms with Gasteiger partial charge in [0.2, 0.25) is 5.69 Å². The highest BCUT2D eigenvalue weighted by Crippen LogP contribution is 2.25. The number of H-pyrrole nitrogens is 1. The SMILES string of the molecule is COc1ccc2nc(Cc3c(C)c(OC)c(C)c[n+]3[O-])[nH]c2c1. The predicted molar refractivity (Wildman–Crippen MR) is 86.9 cm³/mol. The molecule has 6 heteroatoms. The van der Waals surface area contributed by atoms with Crippen molar-refractivity contribution in [2.24, 2.45) is 0 Å². The van der Waals surface area contributed by atoms with Gasteiger partial charge in [0.25, 0.3) is 0 Å². The van der Waals surface area contributed by atoms with E-state index >= 15 is 0 Å². The zero-order valence-corrected chi connectivity index (χ0v) is 13.6. The van der Waals surface area contributed by atoms with Crippen LogP contribution in [0.2, 0.25) is 0 Å². The van der Waals surface area contributed by atoms with Crippen LogP contribution in [0.25, 0.3) is 11.0 Å². The lowest BCUT2D eigenvalue weighted by molar-refractivity contribution is -0.614. The maximum absolute atomic E-state index is 12.2. The largest absolute Gasteiger partial charge is 0.618 e. The number of nitrogens with zero attached hydrogens (tertiary/aromatic N) is 2. The van der Waals surface area contributed by atoms with Gasteiger partial charge in [-0.25, -0.2) is 4.98 Å². The van der Waals surface area contributed by atoms with Crippen LogP contribution in [0.3, 0.4) is 0 Å². The summed E-state index contributed by atoms with van der Waals surface area (Å²) in [5.74, 6) is 2.23. The van der Waals surface area contributed by atoms with Crippen molar-refractivity contribution in [3.63, 3.8) is 0 Å². The first kappa shape index (κ1) is 15.1. The molecule has 1 aromatic carbocycles. The second-order valence-electron chi connectivity index (χ2n) is 5.49. The fraction of sp³-hybridized carbons (Fsp3) is 0.294. The van der Waals surface area contributed by atoms with Gasteiger partial charge in [-0.1, -0.05) is 0 Å². The van der Waals surface area contributed by atoms with Gasteiger partial charge in [-0.2, -0.15) is 4.73 Å². The maximum atomic E-state index is 12.2. The highest BCUT2D eigenvalue weighted by Gasteiger charge is 2.19. The van der Waals surface area contributed by atoms with Crippen LogP contribution in [-0.4, -0.2) is 24.2 Å². The average Bonchev–Trinajstić information content (AvgIpc) is 2.93. The van der Waals surface area contributed by atoms with E-state index in [4.69, 9.17) is 9.47 Å². The minimum absolute atomic E-state index is 0.406. The lowest BCUT2D eigenvalue weighted by Gasteiger charge is -2.12. The highest BCUT2D eigenvalue weighted by molar-refractivity contribution is 5.76. The normalized spacial score (nSPS) is 11.0. The molecule has 0 amide bonds. The van der Waals surface area contributed by atoms with Crippen molar-refractivity contribution in [2.45, 2.75) is 20.3 Å². The zero-order valence-electron chi connectivity index (χ0n) is 13.6. The number of fused-ring (bicyclic) bond motifs is 1. The van der Waals surface area contributed by atoms with Crippen LogP contribution in [0.1, 0.15) is 22.6 Å². The monoisotopic (exact) mass is 313 g/mol. The quantitative estimate of drug-likeness (QED) is 0.593. The van der Waals surface area contributed by atoms with Gasteiger partial charge in [0.15, 0.2) is 6.20 Å². The molecule has 2 aromatic heterocycles. The van der Waals surface area contributed by atoms with E-state index < -0.39 is 0 Å². The summed E-state index contributed by atoms with van der Waals surface area (Å²) in [5, 5.41) is 12.2. The number of aromatic nitrogens is 3. The van der Waals surface area contributed by atoms with E-state index in [1.165, 1.54) is 6.20 Å². The molecule has 120 valence electrons. The predicted octanol–water partition coefficient (Wildman–Crippen LogP) is 2.42. The number of nitrogens with one attached hydrogen (secondary N) is 1. The van der Waals surface area contributed by atoms with Gasteiger partial charge < -0.3 is 19.7 Å². The molecule has 0 saturated carbocycles. The molecule has 6 nitrogen and oxygen atoms in total. The molecule has 0 aliphatic heterocycles. The van der Waals surface area contributed by atoms with Crippen molar-refractivity contribution in [1.82, 2.24) is 9.97 Å². The molecule has 3 rings (SSSR count). The summed E-state index contributed by atoms with van der Waals surface area (Å²) < 4.78 is 11.5. The van der Waals surface area contributed by atoms with Crippen molar-refractivity contribution in [2.75, 3.05) is 14.2 Å². The van der Waals surface area contributed by atoms with Crippen molar-refractivity contribution in [3.8, 4) is 11.5 Å². The molecule has 2 heterocycles. The Labute approximate surface area is 134 Å². The summed E-state index contributed by atoms with van der Waals surface area (Å²) in [6.07, 6.45) is 1.94. The van der Waals surface area contributed by atoms with Gasteiger partial charge in [-0.05, 0) is 26.0 Å². The number of aryl methyl sites for hydroxylation is 1. The fourth-order valence-electron chi connectivity index (χ4n) is 2.84. The Morgan fingerprint density at radius 2 is 2.00 bits per heavy atom. The lowest BCUT2D eigenvalue weighted by Crippen LogP contribution is -2.33. The number of imidazole rings is 1. The molecule has 0 spiro atoms. The Morgan fingerprint density at radius 3 is 2.70 bits per heavy atom. The van der Waals surface area contributed by atoms with Crippen molar-refractivity contribution < 1.29 is 14.2 Å². The van der Waals surface area contributed by atoms with Gasteiger partial charge in [-0.3, -0.25) is 0 Å². The number of pyridine rings is 1.